The number of hydrogen-bond donors (Lipinski definition) is 0. The SMILES string of the molecule is COCOc1c(Br)cc2nn(C)cc2c1C. The maximum Gasteiger partial charge on any atom is 0.188 e. The van der Waals surface area contributed by atoms with E-state index in [0.717, 1.165) is 26.7 Å². The molecule has 0 atom stereocenters. The second-order valence-corrected chi connectivity index (χ2v) is 4.45. The third-order valence-electron chi connectivity index (χ3n) is 2.40. The van der Waals surface area contributed by atoms with E-state index in [1.54, 1.807) is 11.8 Å². The smallest absolute Gasteiger partial charge is 0.188 e. The van der Waals surface area contributed by atoms with E-state index < -0.39 is 0 Å². The molecule has 0 aliphatic carbocycles. The minimum atomic E-state index is 0.241. The van der Waals surface area contributed by atoms with Crippen molar-refractivity contribution in [2.45, 2.75) is 6.92 Å². The van der Waals surface area contributed by atoms with Crippen LogP contribution >= 0.6 is 15.9 Å². The van der Waals surface area contributed by atoms with Crippen LogP contribution in [0.3, 0.4) is 0 Å². The summed E-state index contributed by atoms with van der Waals surface area (Å²) < 4.78 is 13.1. The lowest BCUT2D eigenvalue weighted by Gasteiger charge is -2.10. The van der Waals surface area contributed by atoms with Crippen LogP contribution < -0.4 is 4.74 Å². The van der Waals surface area contributed by atoms with Crippen molar-refractivity contribution >= 4 is 26.8 Å². The molecule has 0 radical (unpaired) electrons. The highest BCUT2D eigenvalue weighted by Gasteiger charge is 2.12. The highest BCUT2D eigenvalue weighted by Crippen LogP contribution is 2.34. The number of aryl methyl sites for hydroxylation is 2. The average Bonchev–Trinajstić information content (AvgIpc) is 2.59. The zero-order valence-electron chi connectivity index (χ0n) is 9.45. The highest BCUT2D eigenvalue weighted by molar-refractivity contribution is 9.10. The zero-order chi connectivity index (χ0) is 11.7. The van der Waals surface area contributed by atoms with Gasteiger partial charge in [0.2, 0.25) is 0 Å². The molecule has 0 saturated carbocycles. The minimum Gasteiger partial charge on any atom is -0.466 e. The van der Waals surface area contributed by atoms with Gasteiger partial charge in [-0.25, -0.2) is 0 Å². The molecule has 0 saturated heterocycles. The van der Waals surface area contributed by atoms with Crippen molar-refractivity contribution in [3.05, 3.63) is 22.3 Å². The van der Waals surface area contributed by atoms with Crippen LogP contribution in [0.15, 0.2) is 16.7 Å². The summed E-state index contributed by atoms with van der Waals surface area (Å²) in [5.41, 5.74) is 2.02. The fourth-order valence-corrected chi connectivity index (χ4v) is 2.31. The van der Waals surface area contributed by atoms with Gasteiger partial charge in [0.15, 0.2) is 6.79 Å². The Balaban J connectivity index is 2.56. The fraction of sp³-hybridized carbons (Fsp3) is 0.364. The monoisotopic (exact) mass is 284 g/mol. The third kappa shape index (κ3) is 1.92. The lowest BCUT2D eigenvalue weighted by Crippen LogP contribution is -2.01. The number of aromatic nitrogens is 2. The van der Waals surface area contributed by atoms with E-state index in [9.17, 15) is 0 Å². The van der Waals surface area contributed by atoms with E-state index in [2.05, 4.69) is 21.0 Å². The van der Waals surface area contributed by atoms with Crippen molar-refractivity contribution in [2.24, 2.45) is 7.05 Å². The van der Waals surface area contributed by atoms with E-state index in [1.165, 1.54) is 0 Å². The molecule has 16 heavy (non-hydrogen) atoms. The molecule has 2 rings (SSSR count). The fourth-order valence-electron chi connectivity index (χ4n) is 1.68. The molecule has 0 N–H and O–H groups in total. The number of hydrogen-bond acceptors (Lipinski definition) is 3. The second-order valence-electron chi connectivity index (χ2n) is 3.60. The predicted molar refractivity (Wildman–Crippen MR) is 65.7 cm³/mol. The Morgan fingerprint density at radius 2 is 2.25 bits per heavy atom. The summed E-state index contributed by atoms with van der Waals surface area (Å²) in [6, 6.07) is 1.95. The molecule has 0 aliphatic rings. The van der Waals surface area contributed by atoms with E-state index in [4.69, 9.17) is 9.47 Å². The lowest BCUT2D eigenvalue weighted by atomic mass is 10.1. The molecule has 0 unspecified atom stereocenters. The molecular weight excluding hydrogens is 272 g/mol. The summed E-state index contributed by atoms with van der Waals surface area (Å²) >= 11 is 3.48. The summed E-state index contributed by atoms with van der Waals surface area (Å²) in [5.74, 6) is 0.808. The Labute approximate surface area is 102 Å². The van der Waals surface area contributed by atoms with Gasteiger partial charge in [-0.05, 0) is 28.9 Å². The van der Waals surface area contributed by atoms with E-state index in [0.29, 0.717) is 0 Å². The topological polar surface area (TPSA) is 36.3 Å². The average molecular weight is 285 g/mol. The highest BCUT2D eigenvalue weighted by atomic mass is 79.9. The van der Waals surface area contributed by atoms with E-state index in [-0.39, 0.29) is 6.79 Å². The molecule has 0 aliphatic heterocycles. The predicted octanol–water partition coefficient (Wildman–Crippen LogP) is 2.63. The van der Waals surface area contributed by atoms with Gasteiger partial charge in [0.1, 0.15) is 5.75 Å². The van der Waals surface area contributed by atoms with Crippen LogP contribution in [0.1, 0.15) is 5.56 Å². The van der Waals surface area contributed by atoms with Gasteiger partial charge >= 0.3 is 0 Å². The Kier molecular flexibility index (Phi) is 3.16. The number of ether oxygens (including phenoxy) is 2. The molecule has 86 valence electrons. The third-order valence-corrected chi connectivity index (χ3v) is 2.99. The molecule has 2 aromatic rings. The van der Waals surface area contributed by atoms with Crippen molar-refractivity contribution in [2.75, 3.05) is 13.9 Å². The molecule has 0 bridgehead atoms. The van der Waals surface area contributed by atoms with Crippen LogP contribution in [0.5, 0.6) is 5.75 Å². The molecule has 4 nitrogen and oxygen atoms in total. The molecule has 1 aromatic carbocycles. The van der Waals surface area contributed by atoms with Gasteiger partial charge in [-0.2, -0.15) is 5.10 Å². The number of halogens is 1. The van der Waals surface area contributed by atoms with Crippen molar-refractivity contribution in [1.82, 2.24) is 9.78 Å². The van der Waals surface area contributed by atoms with E-state index in [1.807, 2.05) is 26.2 Å². The summed E-state index contributed by atoms with van der Waals surface area (Å²) in [7, 11) is 3.51. The van der Waals surface area contributed by atoms with Gasteiger partial charge in [-0.1, -0.05) is 0 Å². The quantitative estimate of drug-likeness (QED) is 0.813. The maximum atomic E-state index is 5.53. The van der Waals surface area contributed by atoms with Gasteiger partial charge in [-0.3, -0.25) is 4.68 Å². The molecule has 5 heteroatoms. The standard InChI is InChI=1S/C11H13BrN2O2/c1-7-8-5-14(2)13-10(8)4-9(12)11(7)16-6-15-3/h4-5H,6H2,1-3H3. The summed E-state index contributed by atoms with van der Waals surface area (Å²) in [4.78, 5) is 0. The van der Waals surface area contributed by atoms with Crippen molar-refractivity contribution < 1.29 is 9.47 Å². The molecule has 0 amide bonds. The molecule has 0 spiro atoms. The van der Waals surface area contributed by atoms with Gasteiger partial charge in [-0.15, -0.1) is 0 Å². The van der Waals surface area contributed by atoms with Crippen LogP contribution in [0.4, 0.5) is 0 Å². The number of rotatable bonds is 3. The Morgan fingerprint density at radius 1 is 1.50 bits per heavy atom. The first-order chi connectivity index (χ1) is 7.63. The van der Waals surface area contributed by atoms with Gasteiger partial charge in [0.05, 0.1) is 9.99 Å². The van der Waals surface area contributed by atoms with Crippen LogP contribution in [0.25, 0.3) is 10.9 Å². The number of benzene rings is 1. The van der Waals surface area contributed by atoms with Crippen molar-refractivity contribution in [1.29, 1.82) is 0 Å². The summed E-state index contributed by atoms with van der Waals surface area (Å²) in [5, 5.41) is 5.45. The first-order valence-corrected chi connectivity index (χ1v) is 5.67. The molecule has 0 fully saturated rings. The maximum absolute atomic E-state index is 5.53. The molecule has 1 aromatic heterocycles. The number of nitrogens with zero attached hydrogens (tertiary/aromatic N) is 2. The first kappa shape index (κ1) is 11.4. The number of methoxy groups -OCH3 is 1. The van der Waals surface area contributed by atoms with Gasteiger partial charge in [0, 0.05) is 31.3 Å². The Bertz CT molecular complexity index is 522. The van der Waals surface area contributed by atoms with Crippen LogP contribution in [-0.2, 0) is 11.8 Å². The van der Waals surface area contributed by atoms with Crippen molar-refractivity contribution in [3.8, 4) is 5.75 Å². The first-order valence-electron chi connectivity index (χ1n) is 4.87. The minimum absolute atomic E-state index is 0.241. The van der Waals surface area contributed by atoms with Gasteiger partial charge < -0.3 is 9.47 Å². The summed E-state index contributed by atoms with van der Waals surface area (Å²) in [6.45, 7) is 2.25. The summed E-state index contributed by atoms with van der Waals surface area (Å²) in [6.07, 6.45) is 1.98. The second kappa shape index (κ2) is 4.43. The van der Waals surface area contributed by atoms with Crippen molar-refractivity contribution in [3.63, 3.8) is 0 Å². The Morgan fingerprint density at radius 3 is 2.94 bits per heavy atom. The number of fused-ring (bicyclic) bond motifs is 1. The van der Waals surface area contributed by atoms with E-state index >= 15 is 0 Å². The normalized spacial score (nSPS) is 11.0. The largest absolute Gasteiger partial charge is 0.466 e. The Hall–Kier alpha value is -1.07. The van der Waals surface area contributed by atoms with Gasteiger partial charge in [0.25, 0.3) is 0 Å². The molecular formula is C11H13BrN2O2. The van der Waals surface area contributed by atoms with Crippen LogP contribution in [0.2, 0.25) is 0 Å². The van der Waals surface area contributed by atoms with Crippen LogP contribution in [-0.4, -0.2) is 23.7 Å². The zero-order valence-corrected chi connectivity index (χ0v) is 11.0. The van der Waals surface area contributed by atoms with Crippen LogP contribution in [0, 0.1) is 6.92 Å². The molecule has 1 heterocycles. The lowest BCUT2D eigenvalue weighted by molar-refractivity contribution is 0.0502.